The molecule has 0 saturated carbocycles. The second kappa shape index (κ2) is 12.0. The van der Waals surface area contributed by atoms with Gasteiger partial charge in [0.25, 0.3) is 0 Å². The number of benzene rings is 2. The van der Waals surface area contributed by atoms with Crippen molar-refractivity contribution in [3.8, 4) is 11.5 Å². The van der Waals surface area contributed by atoms with Crippen molar-refractivity contribution >= 4 is 11.9 Å². The Morgan fingerprint density at radius 3 is 2.21 bits per heavy atom. The summed E-state index contributed by atoms with van der Waals surface area (Å²) in [5.41, 5.74) is 1.69. The molecule has 3 atom stereocenters. The number of nitrogens with one attached hydrogen (secondary N) is 1. The molecule has 0 radical (unpaired) electrons. The average molecular weight is 458 g/mol. The molecular formula is C25H31NO7. The summed E-state index contributed by atoms with van der Waals surface area (Å²) in [5, 5.41) is 39.5. The Morgan fingerprint density at radius 2 is 1.67 bits per heavy atom. The SMILES string of the molecule is Cc1ccc(CC2(O)CCNC(C(C)Oc3ccc(O)cc3)C2)cc1.O=C(O)/C=C/C(=O)O. The first-order valence-electron chi connectivity index (χ1n) is 10.7. The highest BCUT2D eigenvalue weighted by Crippen LogP contribution is 2.29. The molecule has 1 saturated heterocycles. The second-order valence-corrected chi connectivity index (χ2v) is 8.23. The average Bonchev–Trinajstić information content (AvgIpc) is 2.76. The molecule has 1 aliphatic heterocycles. The molecule has 5 N–H and O–H groups in total. The number of phenolic OH excluding ortho intramolecular Hbond substituents is 1. The number of aryl methyl sites for hydroxylation is 1. The predicted octanol–water partition coefficient (Wildman–Crippen LogP) is 2.91. The summed E-state index contributed by atoms with van der Waals surface area (Å²) >= 11 is 0. The lowest BCUT2D eigenvalue weighted by atomic mass is 9.81. The number of hydrogen-bond acceptors (Lipinski definition) is 6. The van der Waals surface area contributed by atoms with Crippen molar-refractivity contribution in [2.45, 2.75) is 50.9 Å². The van der Waals surface area contributed by atoms with Gasteiger partial charge in [-0.2, -0.15) is 0 Å². The van der Waals surface area contributed by atoms with Crippen LogP contribution in [0.25, 0.3) is 0 Å². The summed E-state index contributed by atoms with van der Waals surface area (Å²) in [6, 6.07) is 15.2. The van der Waals surface area contributed by atoms with Gasteiger partial charge in [-0.15, -0.1) is 0 Å². The zero-order valence-electron chi connectivity index (χ0n) is 18.8. The first-order valence-corrected chi connectivity index (χ1v) is 10.7. The van der Waals surface area contributed by atoms with Crippen molar-refractivity contribution in [1.29, 1.82) is 0 Å². The number of hydrogen-bond donors (Lipinski definition) is 5. The van der Waals surface area contributed by atoms with E-state index in [2.05, 4.69) is 36.5 Å². The lowest BCUT2D eigenvalue weighted by molar-refractivity contribution is -0.134. The number of carbonyl (C=O) groups is 2. The lowest BCUT2D eigenvalue weighted by Gasteiger charge is -2.40. The third-order valence-corrected chi connectivity index (χ3v) is 5.34. The van der Waals surface area contributed by atoms with Crippen molar-refractivity contribution in [3.63, 3.8) is 0 Å². The first-order chi connectivity index (χ1) is 15.6. The van der Waals surface area contributed by atoms with Crippen LogP contribution in [0.4, 0.5) is 0 Å². The largest absolute Gasteiger partial charge is 0.508 e. The van der Waals surface area contributed by atoms with Gasteiger partial charge in [0.15, 0.2) is 0 Å². The zero-order chi connectivity index (χ0) is 24.4. The molecule has 2 aromatic rings. The number of piperidine rings is 1. The Hall–Kier alpha value is -3.36. The van der Waals surface area contributed by atoms with Gasteiger partial charge in [0.05, 0.1) is 5.60 Å². The summed E-state index contributed by atoms with van der Waals surface area (Å²) in [7, 11) is 0. The van der Waals surface area contributed by atoms with Crippen LogP contribution in [-0.4, -0.2) is 56.7 Å². The topological polar surface area (TPSA) is 136 Å². The van der Waals surface area contributed by atoms with Crippen LogP contribution in [0.5, 0.6) is 11.5 Å². The van der Waals surface area contributed by atoms with E-state index < -0.39 is 17.5 Å². The van der Waals surface area contributed by atoms with Crippen molar-refractivity contribution in [2.75, 3.05) is 6.54 Å². The first kappa shape index (κ1) is 25.9. The molecule has 1 heterocycles. The van der Waals surface area contributed by atoms with Gasteiger partial charge in [0, 0.05) is 24.6 Å². The number of aliphatic carboxylic acids is 2. The van der Waals surface area contributed by atoms with E-state index in [1.807, 2.05) is 6.92 Å². The standard InChI is InChI=1S/C21H27NO3.C4H4O4/c1-15-3-5-17(6-4-15)13-21(24)11-12-22-20(14-21)16(2)25-19-9-7-18(23)8-10-19;5-3(6)1-2-4(7)8/h3-10,16,20,22-24H,11-14H2,1-2H3;1-2H,(H,5,6)(H,7,8)/b;2-1+. The van der Waals surface area contributed by atoms with Crippen LogP contribution in [0.15, 0.2) is 60.7 Å². The quantitative estimate of drug-likeness (QED) is 0.401. The third-order valence-electron chi connectivity index (χ3n) is 5.34. The number of aliphatic hydroxyl groups is 1. The van der Waals surface area contributed by atoms with E-state index in [0.29, 0.717) is 25.0 Å². The smallest absolute Gasteiger partial charge is 0.328 e. The Morgan fingerprint density at radius 1 is 1.09 bits per heavy atom. The highest BCUT2D eigenvalue weighted by atomic mass is 16.5. The minimum atomic E-state index is -1.26. The number of rotatable bonds is 7. The molecule has 0 amide bonds. The highest BCUT2D eigenvalue weighted by molar-refractivity contribution is 5.89. The van der Waals surface area contributed by atoms with Crippen molar-refractivity contribution in [1.82, 2.24) is 5.32 Å². The normalized spacial score (nSPS) is 21.0. The maximum atomic E-state index is 11.1. The molecule has 0 spiro atoms. The van der Waals surface area contributed by atoms with E-state index in [0.717, 1.165) is 18.7 Å². The number of aromatic hydroxyl groups is 1. The fraction of sp³-hybridized carbons (Fsp3) is 0.360. The van der Waals surface area contributed by atoms with E-state index in [1.54, 1.807) is 24.3 Å². The molecule has 0 bridgehead atoms. The van der Waals surface area contributed by atoms with Gasteiger partial charge in [-0.05, 0) is 63.1 Å². The summed E-state index contributed by atoms with van der Waals surface area (Å²) in [6.45, 7) is 4.86. The highest BCUT2D eigenvalue weighted by Gasteiger charge is 2.37. The van der Waals surface area contributed by atoms with Crippen molar-refractivity contribution in [3.05, 3.63) is 71.8 Å². The molecule has 0 aliphatic carbocycles. The molecular weight excluding hydrogens is 426 g/mol. The minimum absolute atomic E-state index is 0.0746. The molecule has 0 aromatic heterocycles. The van der Waals surface area contributed by atoms with Gasteiger partial charge in [0.2, 0.25) is 0 Å². The molecule has 1 aliphatic rings. The van der Waals surface area contributed by atoms with Crippen molar-refractivity contribution < 1.29 is 34.8 Å². The minimum Gasteiger partial charge on any atom is -0.508 e. The molecule has 8 heteroatoms. The van der Waals surface area contributed by atoms with Crippen LogP contribution in [0.1, 0.15) is 30.9 Å². The van der Waals surface area contributed by atoms with Gasteiger partial charge < -0.3 is 30.5 Å². The van der Waals surface area contributed by atoms with Crippen LogP contribution < -0.4 is 10.1 Å². The van der Waals surface area contributed by atoms with Crippen molar-refractivity contribution in [2.24, 2.45) is 0 Å². The van der Waals surface area contributed by atoms with Crippen LogP contribution in [0.2, 0.25) is 0 Å². The lowest BCUT2D eigenvalue weighted by Crippen LogP contribution is -2.54. The van der Waals surface area contributed by atoms with E-state index in [-0.39, 0.29) is 17.9 Å². The molecule has 2 aromatic carbocycles. The number of phenols is 1. The Kier molecular flexibility index (Phi) is 9.44. The summed E-state index contributed by atoms with van der Waals surface area (Å²) in [6.07, 6.45) is 3.10. The van der Waals surface area contributed by atoms with Gasteiger partial charge >= 0.3 is 11.9 Å². The zero-order valence-corrected chi connectivity index (χ0v) is 18.8. The van der Waals surface area contributed by atoms with Crippen LogP contribution in [-0.2, 0) is 16.0 Å². The van der Waals surface area contributed by atoms with Gasteiger partial charge in [-0.25, -0.2) is 9.59 Å². The van der Waals surface area contributed by atoms with Crippen LogP contribution >= 0.6 is 0 Å². The van der Waals surface area contributed by atoms with Crippen LogP contribution in [0, 0.1) is 6.92 Å². The predicted molar refractivity (Wildman–Crippen MR) is 123 cm³/mol. The third kappa shape index (κ3) is 9.34. The molecule has 3 rings (SSSR count). The Bertz CT molecular complexity index is 924. The summed E-state index contributed by atoms with van der Waals surface area (Å²) in [5.74, 6) is -1.57. The summed E-state index contributed by atoms with van der Waals surface area (Å²) < 4.78 is 5.98. The van der Waals surface area contributed by atoms with E-state index in [9.17, 15) is 19.8 Å². The Balaban J connectivity index is 0.000000414. The molecule has 1 fully saturated rings. The monoisotopic (exact) mass is 457 g/mol. The van der Waals surface area contributed by atoms with Gasteiger partial charge in [0.1, 0.15) is 17.6 Å². The van der Waals surface area contributed by atoms with E-state index in [4.69, 9.17) is 14.9 Å². The molecule has 33 heavy (non-hydrogen) atoms. The van der Waals surface area contributed by atoms with Gasteiger partial charge in [-0.1, -0.05) is 29.8 Å². The number of carboxylic acid groups (broad SMARTS) is 2. The second-order valence-electron chi connectivity index (χ2n) is 8.23. The summed E-state index contributed by atoms with van der Waals surface area (Å²) in [4.78, 5) is 19.1. The number of carboxylic acids is 2. The fourth-order valence-electron chi connectivity index (χ4n) is 3.62. The molecule has 178 valence electrons. The van der Waals surface area contributed by atoms with E-state index in [1.165, 1.54) is 11.1 Å². The van der Waals surface area contributed by atoms with Gasteiger partial charge in [-0.3, -0.25) is 0 Å². The maximum Gasteiger partial charge on any atom is 0.328 e. The molecule has 8 nitrogen and oxygen atoms in total. The fourth-order valence-corrected chi connectivity index (χ4v) is 3.62. The number of ether oxygens (including phenoxy) is 1. The maximum absolute atomic E-state index is 11.1. The Labute approximate surface area is 193 Å². The van der Waals surface area contributed by atoms with Crippen LogP contribution in [0.3, 0.4) is 0 Å². The molecule has 3 unspecified atom stereocenters. The van der Waals surface area contributed by atoms with E-state index >= 15 is 0 Å².